The highest BCUT2D eigenvalue weighted by atomic mass is 16.3. The van der Waals surface area contributed by atoms with Gasteiger partial charge in [-0.05, 0) is 6.92 Å². The van der Waals surface area contributed by atoms with Gasteiger partial charge in [0.05, 0.1) is 0 Å². The standard InChI is InChI=1S/C14H21N5O4/c1-10(23)19(9-22)14-16-12(11-5-3-2-4-6-11)15-13(17-14)18(7-20)8-21/h2-6,10,13,20-23H,7-9H2,1H3,(H,15,16,17). The minimum Gasteiger partial charge on any atom is -0.381 e. The largest absolute Gasteiger partial charge is 0.381 e. The fraction of sp³-hybridized carbons (Fsp3) is 0.429. The maximum absolute atomic E-state index is 9.75. The topological polar surface area (TPSA) is 124 Å². The molecule has 0 saturated carbocycles. The van der Waals surface area contributed by atoms with Gasteiger partial charge in [0.1, 0.15) is 26.4 Å². The van der Waals surface area contributed by atoms with E-state index in [1.165, 1.54) is 16.7 Å². The van der Waals surface area contributed by atoms with E-state index in [1.807, 2.05) is 30.3 Å². The third kappa shape index (κ3) is 4.03. The summed E-state index contributed by atoms with van der Waals surface area (Å²) >= 11 is 0. The minimum atomic E-state index is -0.987. The molecule has 2 unspecified atom stereocenters. The first kappa shape index (κ1) is 17.3. The predicted octanol–water partition coefficient (Wildman–Crippen LogP) is -1.53. The molecule has 0 spiro atoms. The van der Waals surface area contributed by atoms with Gasteiger partial charge in [-0.1, -0.05) is 30.3 Å². The van der Waals surface area contributed by atoms with E-state index in [-0.39, 0.29) is 5.96 Å². The van der Waals surface area contributed by atoms with Crippen LogP contribution in [-0.2, 0) is 0 Å². The molecule has 23 heavy (non-hydrogen) atoms. The lowest BCUT2D eigenvalue weighted by Crippen LogP contribution is -2.57. The summed E-state index contributed by atoms with van der Waals surface area (Å²) in [4.78, 5) is 11.1. The molecule has 2 rings (SSSR count). The number of hydrogen-bond donors (Lipinski definition) is 5. The van der Waals surface area contributed by atoms with Crippen LogP contribution in [0.5, 0.6) is 0 Å². The number of aliphatic hydroxyl groups is 4. The fourth-order valence-corrected chi connectivity index (χ4v) is 2.03. The Morgan fingerprint density at radius 3 is 2.30 bits per heavy atom. The summed E-state index contributed by atoms with van der Waals surface area (Å²) in [6.07, 6.45) is -1.78. The highest BCUT2D eigenvalue weighted by molar-refractivity contribution is 6.07. The van der Waals surface area contributed by atoms with Crippen molar-refractivity contribution in [3.8, 4) is 0 Å². The number of nitrogens with zero attached hydrogens (tertiary/aromatic N) is 4. The van der Waals surface area contributed by atoms with Gasteiger partial charge in [0.25, 0.3) is 0 Å². The molecule has 0 aliphatic carbocycles. The van der Waals surface area contributed by atoms with Gasteiger partial charge in [0, 0.05) is 5.56 Å². The lowest BCUT2D eigenvalue weighted by atomic mass is 10.2. The van der Waals surface area contributed by atoms with E-state index in [1.54, 1.807) is 0 Å². The van der Waals surface area contributed by atoms with E-state index < -0.39 is 32.7 Å². The lowest BCUT2D eigenvalue weighted by molar-refractivity contribution is -0.0134. The average Bonchev–Trinajstić information content (AvgIpc) is 2.57. The maximum Gasteiger partial charge on any atom is 0.207 e. The molecule has 2 atom stereocenters. The summed E-state index contributed by atoms with van der Waals surface area (Å²) in [5.41, 5.74) is 0.732. The van der Waals surface area contributed by atoms with Gasteiger partial charge in [0.15, 0.2) is 12.1 Å². The van der Waals surface area contributed by atoms with Crippen LogP contribution in [0.25, 0.3) is 0 Å². The van der Waals surface area contributed by atoms with E-state index in [0.717, 1.165) is 5.56 Å². The summed E-state index contributed by atoms with van der Waals surface area (Å²) in [5, 5.41) is 40.7. The first-order valence-electron chi connectivity index (χ1n) is 7.10. The number of guanidine groups is 1. The van der Waals surface area contributed by atoms with Crippen LogP contribution in [0.1, 0.15) is 12.5 Å². The van der Waals surface area contributed by atoms with Crippen molar-refractivity contribution in [3.63, 3.8) is 0 Å². The number of aliphatic imine (C=N–C) groups is 2. The number of hydrogen-bond acceptors (Lipinski definition) is 9. The first-order valence-corrected chi connectivity index (χ1v) is 7.10. The Balaban J connectivity index is 2.40. The van der Waals surface area contributed by atoms with Crippen molar-refractivity contribution in [1.82, 2.24) is 15.1 Å². The summed E-state index contributed by atoms with van der Waals surface area (Å²) < 4.78 is 0. The number of rotatable bonds is 6. The molecule has 9 nitrogen and oxygen atoms in total. The Morgan fingerprint density at radius 2 is 1.78 bits per heavy atom. The zero-order valence-electron chi connectivity index (χ0n) is 12.7. The van der Waals surface area contributed by atoms with Crippen LogP contribution in [0.15, 0.2) is 40.3 Å². The van der Waals surface area contributed by atoms with Crippen LogP contribution in [0.3, 0.4) is 0 Å². The normalized spacial score (nSPS) is 19.0. The van der Waals surface area contributed by atoms with Crippen molar-refractivity contribution in [2.24, 2.45) is 9.98 Å². The molecular weight excluding hydrogens is 302 g/mol. The molecule has 0 radical (unpaired) electrons. The van der Waals surface area contributed by atoms with Crippen LogP contribution in [0.4, 0.5) is 0 Å². The van der Waals surface area contributed by atoms with Crippen molar-refractivity contribution >= 4 is 11.8 Å². The first-order chi connectivity index (χ1) is 11.1. The summed E-state index contributed by atoms with van der Waals surface area (Å²) in [7, 11) is 0. The highest BCUT2D eigenvalue weighted by Gasteiger charge is 2.27. The second-order valence-corrected chi connectivity index (χ2v) is 4.89. The number of nitrogens with one attached hydrogen (secondary N) is 1. The summed E-state index contributed by atoms with van der Waals surface area (Å²) in [6, 6.07) is 9.15. The maximum atomic E-state index is 9.75. The van der Waals surface area contributed by atoms with E-state index in [0.29, 0.717) is 5.84 Å². The number of aliphatic hydroxyl groups excluding tert-OH is 4. The zero-order chi connectivity index (χ0) is 16.8. The monoisotopic (exact) mass is 323 g/mol. The highest BCUT2D eigenvalue weighted by Crippen LogP contribution is 2.12. The quantitative estimate of drug-likeness (QED) is 0.402. The molecule has 0 aromatic heterocycles. The average molecular weight is 323 g/mol. The Kier molecular flexibility index (Phi) is 6.02. The van der Waals surface area contributed by atoms with E-state index in [9.17, 15) is 20.4 Å². The SMILES string of the molecule is CC(O)N(CO)C1=NC(c2ccccc2)=NC(N(CO)CO)N1. The lowest BCUT2D eigenvalue weighted by Gasteiger charge is -2.34. The minimum absolute atomic E-state index is 0.188. The molecule has 126 valence electrons. The van der Waals surface area contributed by atoms with Crippen molar-refractivity contribution in [2.75, 3.05) is 20.2 Å². The molecule has 1 aliphatic heterocycles. The molecule has 5 N–H and O–H groups in total. The molecule has 1 heterocycles. The molecule has 1 aromatic rings. The van der Waals surface area contributed by atoms with Crippen molar-refractivity contribution in [3.05, 3.63) is 35.9 Å². The van der Waals surface area contributed by atoms with Crippen LogP contribution < -0.4 is 5.32 Å². The number of benzene rings is 1. The Bertz CT molecular complexity index is 560. The van der Waals surface area contributed by atoms with E-state index >= 15 is 0 Å². The molecule has 0 bridgehead atoms. The Labute approximate surface area is 133 Å². The van der Waals surface area contributed by atoms with Crippen molar-refractivity contribution < 1.29 is 20.4 Å². The zero-order valence-corrected chi connectivity index (χ0v) is 12.7. The van der Waals surface area contributed by atoms with Crippen LogP contribution in [-0.4, -0.2) is 74.7 Å². The third-order valence-electron chi connectivity index (χ3n) is 3.33. The molecule has 9 heteroatoms. The number of amidine groups is 1. The van der Waals surface area contributed by atoms with Crippen molar-refractivity contribution in [1.29, 1.82) is 0 Å². The smallest absolute Gasteiger partial charge is 0.207 e. The molecule has 0 fully saturated rings. The van der Waals surface area contributed by atoms with Crippen molar-refractivity contribution in [2.45, 2.75) is 19.4 Å². The van der Waals surface area contributed by atoms with Gasteiger partial charge in [0.2, 0.25) is 5.96 Å². The van der Waals surface area contributed by atoms with Gasteiger partial charge in [-0.3, -0.25) is 4.90 Å². The second-order valence-electron chi connectivity index (χ2n) is 4.89. The molecule has 1 aliphatic rings. The van der Waals surface area contributed by atoms with Gasteiger partial charge in [-0.25, -0.2) is 9.89 Å². The van der Waals surface area contributed by atoms with Gasteiger partial charge < -0.3 is 25.7 Å². The van der Waals surface area contributed by atoms with Crippen LogP contribution in [0, 0.1) is 0 Å². The Hall–Kier alpha value is -2.04. The molecular formula is C14H21N5O4. The fourth-order valence-electron chi connectivity index (χ4n) is 2.03. The Morgan fingerprint density at radius 1 is 1.13 bits per heavy atom. The molecule has 0 amide bonds. The second kappa shape index (κ2) is 7.99. The van der Waals surface area contributed by atoms with Crippen LogP contribution >= 0.6 is 0 Å². The molecule has 0 saturated heterocycles. The van der Waals surface area contributed by atoms with E-state index in [4.69, 9.17) is 0 Å². The van der Waals surface area contributed by atoms with Crippen LogP contribution in [0.2, 0.25) is 0 Å². The van der Waals surface area contributed by atoms with E-state index in [2.05, 4.69) is 15.3 Å². The van der Waals surface area contributed by atoms with Gasteiger partial charge in [-0.2, -0.15) is 4.99 Å². The van der Waals surface area contributed by atoms with Gasteiger partial charge >= 0.3 is 0 Å². The summed E-state index contributed by atoms with van der Waals surface area (Å²) in [6.45, 7) is 0.164. The van der Waals surface area contributed by atoms with Gasteiger partial charge in [-0.15, -0.1) is 0 Å². The molecule has 1 aromatic carbocycles. The third-order valence-corrected chi connectivity index (χ3v) is 3.33. The summed E-state index contributed by atoms with van der Waals surface area (Å²) in [5.74, 6) is 0.545. The predicted molar refractivity (Wildman–Crippen MR) is 84.0 cm³/mol.